The Morgan fingerprint density at radius 1 is 1.29 bits per heavy atom. The molecule has 0 aliphatic carbocycles. The summed E-state index contributed by atoms with van der Waals surface area (Å²) < 4.78 is 14.3. The van der Waals surface area contributed by atoms with Crippen LogP contribution in [0, 0.1) is 5.82 Å². The first-order valence-electron chi connectivity index (χ1n) is 4.67. The van der Waals surface area contributed by atoms with Gasteiger partial charge in [-0.3, -0.25) is 0 Å². The lowest BCUT2D eigenvalue weighted by molar-refractivity contribution is 0.214. The molecule has 1 N–H and O–H groups in total. The summed E-state index contributed by atoms with van der Waals surface area (Å²) in [6.07, 6.45) is 3.04. The summed E-state index contributed by atoms with van der Waals surface area (Å²) in [6.45, 7) is 0. The zero-order valence-corrected chi connectivity index (χ0v) is 10.8. The van der Waals surface area contributed by atoms with Crippen molar-refractivity contribution >= 4 is 27.5 Å². The summed E-state index contributed by atoms with van der Waals surface area (Å²) in [5, 5.41) is 9.94. The highest BCUT2D eigenvalue weighted by atomic mass is 79.9. The number of nitrogens with zero attached hydrogens (tertiary/aromatic N) is 2. The number of hydrogen-bond acceptors (Lipinski definition) is 3. The minimum absolute atomic E-state index is 0.0570. The smallest absolute Gasteiger partial charge is 0.149 e. The van der Waals surface area contributed by atoms with E-state index in [2.05, 4.69) is 25.9 Å². The van der Waals surface area contributed by atoms with E-state index in [1.165, 1.54) is 24.8 Å². The first-order valence-corrected chi connectivity index (χ1v) is 5.84. The van der Waals surface area contributed by atoms with E-state index >= 15 is 0 Å². The van der Waals surface area contributed by atoms with E-state index in [-0.39, 0.29) is 10.6 Å². The highest BCUT2D eigenvalue weighted by Gasteiger charge is 2.18. The summed E-state index contributed by atoms with van der Waals surface area (Å²) in [6, 6.07) is 3.04. The number of aromatic nitrogens is 2. The summed E-state index contributed by atoms with van der Waals surface area (Å²) in [5.41, 5.74) is 0.498. The van der Waals surface area contributed by atoms with Gasteiger partial charge in [0.05, 0.1) is 5.02 Å². The molecule has 0 saturated heterocycles. The molecule has 0 aliphatic heterocycles. The van der Waals surface area contributed by atoms with Crippen LogP contribution in [-0.4, -0.2) is 15.1 Å². The molecule has 17 heavy (non-hydrogen) atoms. The third kappa shape index (κ3) is 2.46. The van der Waals surface area contributed by atoms with Crippen LogP contribution in [0.15, 0.2) is 35.3 Å². The summed E-state index contributed by atoms with van der Waals surface area (Å²) in [4.78, 5) is 7.53. The number of benzene rings is 1. The molecule has 0 aliphatic rings. The number of aliphatic hydroxyl groups excluding tert-OH is 1. The van der Waals surface area contributed by atoms with Crippen molar-refractivity contribution in [2.45, 2.75) is 6.10 Å². The third-order valence-corrected chi connectivity index (χ3v) is 3.51. The maximum Gasteiger partial charge on any atom is 0.149 e. The van der Waals surface area contributed by atoms with Crippen molar-refractivity contribution in [3.63, 3.8) is 0 Å². The predicted octanol–water partition coefficient (Wildman–Crippen LogP) is 3.11. The maximum absolute atomic E-state index is 13.8. The average Bonchev–Trinajstić information content (AvgIpc) is 2.36. The van der Waals surface area contributed by atoms with Crippen molar-refractivity contribution in [2.24, 2.45) is 0 Å². The van der Waals surface area contributed by atoms with Gasteiger partial charge >= 0.3 is 0 Å². The minimum atomic E-state index is -1.14. The van der Waals surface area contributed by atoms with Crippen molar-refractivity contribution in [3.05, 3.63) is 57.3 Å². The van der Waals surface area contributed by atoms with Crippen LogP contribution >= 0.6 is 27.5 Å². The van der Waals surface area contributed by atoms with Gasteiger partial charge in [0.1, 0.15) is 18.2 Å². The van der Waals surface area contributed by atoms with Crippen LogP contribution in [0.2, 0.25) is 5.02 Å². The molecule has 2 aromatic rings. The Bertz CT molecular complexity index is 538. The number of aliphatic hydroxyl groups is 1. The van der Waals surface area contributed by atoms with Gasteiger partial charge in [0.25, 0.3) is 0 Å². The third-order valence-electron chi connectivity index (χ3n) is 2.26. The molecule has 88 valence electrons. The Morgan fingerprint density at radius 2 is 1.94 bits per heavy atom. The molecule has 0 radical (unpaired) electrons. The molecule has 0 spiro atoms. The highest BCUT2D eigenvalue weighted by Crippen LogP contribution is 2.32. The molecular formula is C11H7BrClFN2O. The first kappa shape index (κ1) is 12.4. The lowest BCUT2D eigenvalue weighted by Gasteiger charge is -2.12. The Hall–Kier alpha value is -1.04. The Balaban J connectivity index is 2.45. The van der Waals surface area contributed by atoms with Gasteiger partial charge in [-0.15, -0.1) is 0 Å². The number of halogens is 3. The molecule has 6 heteroatoms. The van der Waals surface area contributed by atoms with E-state index in [4.69, 9.17) is 11.6 Å². The van der Waals surface area contributed by atoms with Crippen LogP contribution in [0.5, 0.6) is 0 Å². The van der Waals surface area contributed by atoms with Gasteiger partial charge < -0.3 is 5.11 Å². The Labute approximate surface area is 110 Å². The van der Waals surface area contributed by atoms with E-state index in [0.717, 1.165) is 0 Å². The zero-order chi connectivity index (χ0) is 12.4. The molecule has 0 saturated carbocycles. The van der Waals surface area contributed by atoms with Gasteiger partial charge in [-0.2, -0.15) is 0 Å². The minimum Gasteiger partial charge on any atom is -0.383 e. The normalized spacial score (nSPS) is 12.5. The van der Waals surface area contributed by atoms with Crippen LogP contribution < -0.4 is 0 Å². The molecule has 1 unspecified atom stereocenters. The predicted molar refractivity (Wildman–Crippen MR) is 65.2 cm³/mol. The van der Waals surface area contributed by atoms with Crippen molar-refractivity contribution in [2.75, 3.05) is 0 Å². The summed E-state index contributed by atoms with van der Waals surface area (Å²) in [5.74, 6) is -0.655. The van der Waals surface area contributed by atoms with Gasteiger partial charge in [-0.05, 0) is 22.0 Å². The fraction of sp³-hybridized carbons (Fsp3) is 0.0909. The topological polar surface area (TPSA) is 46.0 Å². The maximum atomic E-state index is 13.8. The van der Waals surface area contributed by atoms with Crippen molar-refractivity contribution in [1.82, 2.24) is 9.97 Å². The van der Waals surface area contributed by atoms with Gasteiger partial charge in [-0.25, -0.2) is 14.4 Å². The lowest BCUT2D eigenvalue weighted by Crippen LogP contribution is -2.04. The van der Waals surface area contributed by atoms with E-state index in [1.807, 2.05) is 0 Å². The molecule has 2 rings (SSSR count). The monoisotopic (exact) mass is 316 g/mol. The highest BCUT2D eigenvalue weighted by molar-refractivity contribution is 9.10. The molecule has 1 aromatic heterocycles. The van der Waals surface area contributed by atoms with Crippen LogP contribution in [0.1, 0.15) is 17.2 Å². The first-order chi connectivity index (χ1) is 8.11. The summed E-state index contributed by atoms with van der Waals surface area (Å²) >= 11 is 8.86. The molecule has 1 atom stereocenters. The second-order valence-corrected chi connectivity index (χ2v) is 4.57. The van der Waals surface area contributed by atoms with E-state index < -0.39 is 11.9 Å². The SMILES string of the molecule is OC(c1cncnc1)c1ccc(Br)c(Cl)c1F. The van der Waals surface area contributed by atoms with E-state index in [9.17, 15) is 9.50 Å². The summed E-state index contributed by atoms with van der Waals surface area (Å²) in [7, 11) is 0. The lowest BCUT2D eigenvalue weighted by atomic mass is 10.0. The van der Waals surface area contributed by atoms with E-state index in [0.29, 0.717) is 10.0 Å². The van der Waals surface area contributed by atoms with Crippen LogP contribution in [-0.2, 0) is 0 Å². The van der Waals surface area contributed by atoms with Crippen LogP contribution in [0.4, 0.5) is 4.39 Å². The number of hydrogen-bond donors (Lipinski definition) is 1. The van der Waals surface area contributed by atoms with Crippen molar-refractivity contribution in [3.8, 4) is 0 Å². The van der Waals surface area contributed by atoms with E-state index in [1.54, 1.807) is 6.07 Å². The molecule has 1 heterocycles. The molecule has 0 fully saturated rings. The average molecular weight is 318 g/mol. The zero-order valence-electron chi connectivity index (χ0n) is 8.44. The van der Waals surface area contributed by atoms with Crippen molar-refractivity contribution < 1.29 is 9.50 Å². The number of rotatable bonds is 2. The molecule has 0 bridgehead atoms. The standard InChI is InChI=1S/C11H7BrClFN2O/c12-8-2-1-7(10(14)9(8)13)11(17)6-3-15-5-16-4-6/h1-5,11,17H. The Kier molecular flexibility index (Phi) is 3.71. The van der Waals surface area contributed by atoms with Gasteiger partial charge in [0.2, 0.25) is 0 Å². The molecule has 3 nitrogen and oxygen atoms in total. The van der Waals surface area contributed by atoms with Crippen LogP contribution in [0.25, 0.3) is 0 Å². The second kappa shape index (κ2) is 5.08. The molecule has 1 aromatic carbocycles. The van der Waals surface area contributed by atoms with Gasteiger partial charge in [0, 0.05) is 28.0 Å². The van der Waals surface area contributed by atoms with Gasteiger partial charge in [0.15, 0.2) is 0 Å². The Morgan fingerprint density at radius 3 is 2.59 bits per heavy atom. The van der Waals surface area contributed by atoms with Crippen molar-refractivity contribution in [1.29, 1.82) is 0 Å². The fourth-order valence-corrected chi connectivity index (χ4v) is 1.86. The fourth-order valence-electron chi connectivity index (χ4n) is 1.38. The quantitative estimate of drug-likeness (QED) is 0.866. The van der Waals surface area contributed by atoms with Crippen LogP contribution in [0.3, 0.4) is 0 Å². The molecular weight excluding hydrogens is 310 g/mol. The molecule has 0 amide bonds. The second-order valence-electron chi connectivity index (χ2n) is 3.34. The largest absolute Gasteiger partial charge is 0.383 e. The van der Waals surface area contributed by atoms with Gasteiger partial charge in [-0.1, -0.05) is 17.7 Å².